The molecule has 226 valence electrons. The van der Waals surface area contributed by atoms with Crippen molar-refractivity contribution >= 4 is 35.1 Å². The van der Waals surface area contributed by atoms with Gasteiger partial charge in [-0.15, -0.1) is 0 Å². The van der Waals surface area contributed by atoms with E-state index in [0.717, 1.165) is 22.1 Å². The molecule has 43 heavy (non-hydrogen) atoms. The minimum absolute atomic E-state index is 0.108. The fourth-order valence-corrected chi connectivity index (χ4v) is 4.85. The van der Waals surface area contributed by atoms with Crippen LogP contribution in [0.15, 0.2) is 72.8 Å². The number of carbonyl (C=O) groups is 3. The predicted molar refractivity (Wildman–Crippen MR) is 159 cm³/mol. The number of hydrogen-bond acceptors (Lipinski definition) is 8. The summed E-state index contributed by atoms with van der Waals surface area (Å²) in [5, 5.41) is 14.1. The van der Waals surface area contributed by atoms with Gasteiger partial charge in [-0.1, -0.05) is 60.1 Å². The Kier molecular flexibility index (Phi) is 9.67. The van der Waals surface area contributed by atoms with Crippen molar-refractivity contribution in [3.8, 4) is 5.75 Å². The number of nitro benzene ring substituents is 1. The molecule has 0 aromatic heterocycles. The van der Waals surface area contributed by atoms with Gasteiger partial charge in [-0.25, -0.2) is 4.79 Å². The maximum absolute atomic E-state index is 13.9. The summed E-state index contributed by atoms with van der Waals surface area (Å²) in [6.07, 6.45) is -1.49. The highest BCUT2D eigenvalue weighted by atomic mass is 35.5. The number of halogens is 1. The van der Waals surface area contributed by atoms with E-state index >= 15 is 0 Å². The third-order valence-electron chi connectivity index (χ3n) is 6.65. The van der Waals surface area contributed by atoms with E-state index in [1.54, 1.807) is 45.0 Å². The molecule has 1 aliphatic heterocycles. The molecule has 3 N–H and O–H groups in total. The summed E-state index contributed by atoms with van der Waals surface area (Å²) in [5.74, 6) is -1.35. The first kappa shape index (κ1) is 31.5. The summed E-state index contributed by atoms with van der Waals surface area (Å²) in [4.78, 5) is 52.0. The smallest absolute Gasteiger partial charge is 0.330 e. The lowest BCUT2D eigenvalue weighted by Gasteiger charge is -2.42. The molecule has 1 fully saturated rings. The Morgan fingerprint density at radius 2 is 1.77 bits per heavy atom. The molecule has 0 saturated carbocycles. The summed E-state index contributed by atoms with van der Waals surface area (Å²) in [6, 6.07) is 18.3. The fourth-order valence-electron chi connectivity index (χ4n) is 4.66. The van der Waals surface area contributed by atoms with Crippen molar-refractivity contribution < 1.29 is 28.8 Å². The highest BCUT2D eigenvalue weighted by Gasteiger charge is 2.45. The highest BCUT2D eigenvalue weighted by Crippen LogP contribution is 2.33. The van der Waals surface area contributed by atoms with Gasteiger partial charge in [0, 0.05) is 11.6 Å². The van der Waals surface area contributed by atoms with E-state index in [4.69, 9.17) is 26.8 Å². The van der Waals surface area contributed by atoms with E-state index in [0.29, 0.717) is 12.4 Å². The molecule has 0 unspecified atom stereocenters. The molecule has 0 aliphatic carbocycles. The Labute approximate surface area is 254 Å². The minimum atomic E-state index is -1.32. The van der Waals surface area contributed by atoms with E-state index in [1.165, 1.54) is 12.1 Å². The van der Waals surface area contributed by atoms with Gasteiger partial charge in [0.2, 0.25) is 11.8 Å². The summed E-state index contributed by atoms with van der Waals surface area (Å²) in [6.45, 7) is 5.39. The molecular weight excluding hydrogens is 576 g/mol. The number of benzene rings is 3. The Morgan fingerprint density at radius 1 is 1.09 bits per heavy atom. The third kappa shape index (κ3) is 8.08. The first-order valence-electron chi connectivity index (χ1n) is 13.6. The van der Waals surface area contributed by atoms with Crippen molar-refractivity contribution in [1.29, 1.82) is 0 Å². The van der Waals surface area contributed by atoms with Gasteiger partial charge in [-0.2, -0.15) is 0 Å². The second-order valence-electron chi connectivity index (χ2n) is 11.2. The van der Waals surface area contributed by atoms with E-state index < -0.39 is 52.2 Å². The zero-order valence-corrected chi connectivity index (χ0v) is 24.7. The highest BCUT2D eigenvalue weighted by molar-refractivity contribution is 6.32. The van der Waals surface area contributed by atoms with Crippen LogP contribution in [0.4, 0.5) is 5.69 Å². The molecule has 1 heterocycles. The lowest BCUT2D eigenvalue weighted by molar-refractivity contribution is -0.384. The van der Waals surface area contributed by atoms with Gasteiger partial charge in [0.25, 0.3) is 5.69 Å². The van der Waals surface area contributed by atoms with Gasteiger partial charge in [0.05, 0.1) is 17.4 Å². The average Bonchev–Trinajstić information content (AvgIpc) is 2.95. The van der Waals surface area contributed by atoms with Crippen molar-refractivity contribution in [3.63, 3.8) is 0 Å². The van der Waals surface area contributed by atoms with Crippen LogP contribution in [0.25, 0.3) is 0 Å². The van der Waals surface area contributed by atoms with E-state index in [2.05, 4.69) is 5.32 Å². The van der Waals surface area contributed by atoms with Gasteiger partial charge in [0.1, 0.15) is 35.2 Å². The van der Waals surface area contributed by atoms with Crippen molar-refractivity contribution in [3.05, 3.63) is 105 Å². The van der Waals surface area contributed by atoms with Crippen LogP contribution in [0.1, 0.15) is 50.0 Å². The molecule has 0 radical (unpaired) electrons. The molecule has 12 heteroatoms. The molecule has 3 atom stereocenters. The SMILES string of the molecule is CC(C)(C)OC(=O)[C@@H]1CC(=O)N[C@H](c2ccc(Cl)c([N+](=O)[O-])c2)N1C(=O)[C@@H](N)Cc1ccc(OCc2ccccc2)cc1. The second-order valence-corrected chi connectivity index (χ2v) is 11.6. The number of carbonyl (C=O) groups excluding carboxylic acids is 3. The van der Waals surface area contributed by atoms with Gasteiger partial charge < -0.3 is 25.4 Å². The van der Waals surface area contributed by atoms with Crippen LogP contribution in [-0.4, -0.2) is 45.3 Å². The molecule has 1 saturated heterocycles. The molecule has 0 spiro atoms. The summed E-state index contributed by atoms with van der Waals surface area (Å²) in [5.41, 5.74) is 7.02. The molecule has 4 rings (SSSR count). The molecule has 1 aliphatic rings. The molecule has 3 aromatic rings. The van der Waals surface area contributed by atoms with Crippen LogP contribution in [0, 0.1) is 10.1 Å². The Hall–Kier alpha value is -4.48. The number of nitrogens with two attached hydrogens (primary N) is 1. The van der Waals surface area contributed by atoms with E-state index in [-0.39, 0.29) is 23.4 Å². The van der Waals surface area contributed by atoms with Crippen LogP contribution in [-0.2, 0) is 32.1 Å². The van der Waals surface area contributed by atoms with Crippen molar-refractivity contribution in [2.45, 2.75) is 64.1 Å². The number of hydrogen-bond donors (Lipinski definition) is 2. The summed E-state index contributed by atoms with van der Waals surface area (Å²) < 4.78 is 11.4. The van der Waals surface area contributed by atoms with Gasteiger partial charge in [0.15, 0.2) is 0 Å². The molecule has 11 nitrogen and oxygen atoms in total. The van der Waals surface area contributed by atoms with Crippen LogP contribution in [0.2, 0.25) is 5.02 Å². The Bertz CT molecular complexity index is 1490. The van der Waals surface area contributed by atoms with Crippen LogP contribution >= 0.6 is 11.6 Å². The average molecular weight is 609 g/mol. The number of ether oxygens (including phenoxy) is 2. The standard InChI is InChI=1S/C31H33ClN4O7/c1-31(2,3)43-30(39)26-17-27(37)34-28(21-11-14-23(32)25(16-21)36(40)41)35(26)29(38)24(33)15-19-9-12-22(13-10-19)42-18-20-7-5-4-6-8-20/h4-14,16,24,26,28H,15,17-18,33H2,1-3H3,(H,34,37)/t24-,26-,28-/m0/s1. The Morgan fingerprint density at radius 3 is 2.40 bits per heavy atom. The van der Waals surface area contributed by atoms with Crippen molar-refractivity contribution in [1.82, 2.24) is 10.2 Å². The molecule has 0 bridgehead atoms. The number of nitrogens with zero attached hydrogens (tertiary/aromatic N) is 2. The first-order valence-corrected chi connectivity index (χ1v) is 14.0. The number of nitro groups is 1. The van der Waals surface area contributed by atoms with Gasteiger partial charge in [-0.05, 0) is 56.5 Å². The number of esters is 1. The number of rotatable bonds is 9. The number of amides is 2. The number of nitrogens with one attached hydrogen (secondary N) is 1. The topological polar surface area (TPSA) is 154 Å². The largest absolute Gasteiger partial charge is 0.489 e. The zero-order chi connectivity index (χ0) is 31.3. The summed E-state index contributed by atoms with van der Waals surface area (Å²) >= 11 is 6.00. The predicted octanol–water partition coefficient (Wildman–Crippen LogP) is 4.45. The zero-order valence-electron chi connectivity index (χ0n) is 24.0. The first-order chi connectivity index (χ1) is 20.3. The van der Waals surface area contributed by atoms with E-state index in [9.17, 15) is 24.5 Å². The monoisotopic (exact) mass is 608 g/mol. The normalized spacial score (nSPS) is 17.5. The second kappa shape index (κ2) is 13.2. The quantitative estimate of drug-likeness (QED) is 0.205. The van der Waals surface area contributed by atoms with Gasteiger partial charge >= 0.3 is 5.97 Å². The van der Waals surface area contributed by atoms with Crippen LogP contribution in [0.3, 0.4) is 0 Å². The maximum atomic E-state index is 13.9. The fraction of sp³-hybridized carbons (Fsp3) is 0.323. The van der Waals surface area contributed by atoms with Crippen LogP contribution in [0.5, 0.6) is 5.75 Å². The van der Waals surface area contributed by atoms with Crippen LogP contribution < -0.4 is 15.8 Å². The Balaban J connectivity index is 1.59. The lowest BCUT2D eigenvalue weighted by Crippen LogP contribution is -2.62. The molecular formula is C31H33ClN4O7. The summed E-state index contributed by atoms with van der Waals surface area (Å²) in [7, 11) is 0. The lowest BCUT2D eigenvalue weighted by atomic mass is 9.98. The van der Waals surface area contributed by atoms with Gasteiger partial charge in [-0.3, -0.25) is 19.7 Å². The molecule has 3 aromatic carbocycles. The third-order valence-corrected chi connectivity index (χ3v) is 6.97. The maximum Gasteiger partial charge on any atom is 0.330 e. The minimum Gasteiger partial charge on any atom is -0.489 e. The molecule has 2 amide bonds. The van der Waals surface area contributed by atoms with E-state index in [1.807, 2.05) is 30.3 Å². The van der Waals surface area contributed by atoms with Crippen molar-refractivity contribution in [2.75, 3.05) is 0 Å². The van der Waals surface area contributed by atoms with Crippen molar-refractivity contribution in [2.24, 2.45) is 5.73 Å².